The number of benzene rings is 1. The lowest BCUT2D eigenvalue weighted by atomic mass is 10.2. The van der Waals surface area contributed by atoms with E-state index in [0.29, 0.717) is 39.3 Å². The zero-order valence-electron chi connectivity index (χ0n) is 15.3. The maximum absolute atomic E-state index is 12.5. The van der Waals surface area contributed by atoms with Gasteiger partial charge in [-0.1, -0.05) is 30.3 Å². The highest BCUT2D eigenvalue weighted by Crippen LogP contribution is 2.08. The molecule has 1 atom stereocenters. The normalized spacial score (nSPS) is 18.1. The Morgan fingerprint density at radius 3 is 2.58 bits per heavy atom. The molecule has 2 N–H and O–H groups in total. The summed E-state index contributed by atoms with van der Waals surface area (Å²) in [6, 6.07) is 9.13. The van der Waals surface area contributed by atoms with E-state index in [4.69, 9.17) is 4.74 Å². The van der Waals surface area contributed by atoms with Gasteiger partial charge in [-0.05, 0) is 18.6 Å². The molecule has 1 aromatic carbocycles. The van der Waals surface area contributed by atoms with Crippen molar-refractivity contribution in [1.82, 2.24) is 9.62 Å². The van der Waals surface area contributed by atoms with Gasteiger partial charge in [0.15, 0.2) is 6.04 Å². The molecule has 0 spiro atoms. The molecule has 26 heavy (non-hydrogen) atoms. The molecular formula is C18H28N3O4S+. The summed E-state index contributed by atoms with van der Waals surface area (Å²) in [5.41, 5.74) is 0.849. The minimum Gasteiger partial charge on any atom is -0.383 e. The Labute approximate surface area is 155 Å². The highest BCUT2D eigenvalue weighted by molar-refractivity contribution is 7.92. The van der Waals surface area contributed by atoms with Crippen molar-refractivity contribution in [1.29, 1.82) is 0 Å². The van der Waals surface area contributed by atoms with Crippen molar-refractivity contribution in [3.8, 4) is 0 Å². The molecule has 144 valence electrons. The molecule has 0 unspecified atom stereocenters. The van der Waals surface area contributed by atoms with Gasteiger partial charge in [-0.2, -0.15) is 4.31 Å². The van der Waals surface area contributed by atoms with Crippen LogP contribution in [-0.4, -0.2) is 71.1 Å². The van der Waals surface area contributed by atoms with Gasteiger partial charge in [0.25, 0.3) is 5.91 Å². The summed E-state index contributed by atoms with van der Waals surface area (Å²) < 4.78 is 31.4. The standard InChI is InChI=1S/C18H27N3O4S/c1-16(18(22)19-9-14-25-2)20-10-12-21(13-11-20)26(23,24)15-8-17-6-4-3-5-7-17/h3-8,15-16H,9-14H2,1-2H3,(H,19,22)/p+1/b15-8+/t16-/m0/s1. The lowest BCUT2D eigenvalue weighted by Crippen LogP contribution is -3.19. The van der Waals surface area contributed by atoms with Crippen molar-refractivity contribution in [3.05, 3.63) is 41.3 Å². The van der Waals surface area contributed by atoms with Gasteiger partial charge in [0.05, 0.1) is 32.8 Å². The van der Waals surface area contributed by atoms with E-state index >= 15 is 0 Å². The van der Waals surface area contributed by atoms with Gasteiger partial charge < -0.3 is 15.0 Å². The third kappa shape index (κ3) is 5.91. The molecule has 1 aromatic rings. The van der Waals surface area contributed by atoms with Crippen molar-refractivity contribution in [3.63, 3.8) is 0 Å². The van der Waals surface area contributed by atoms with Crippen molar-refractivity contribution in [2.45, 2.75) is 13.0 Å². The number of hydrogen-bond acceptors (Lipinski definition) is 4. The molecule has 0 radical (unpaired) electrons. The Morgan fingerprint density at radius 2 is 1.96 bits per heavy atom. The van der Waals surface area contributed by atoms with Crippen molar-refractivity contribution < 1.29 is 22.8 Å². The Kier molecular flexibility index (Phi) is 7.77. The van der Waals surface area contributed by atoms with Crippen molar-refractivity contribution in [2.75, 3.05) is 46.4 Å². The number of methoxy groups -OCH3 is 1. The molecule has 7 nitrogen and oxygen atoms in total. The number of carbonyl (C=O) groups is 1. The average molecular weight is 383 g/mol. The van der Waals surface area contributed by atoms with Crippen LogP contribution in [0.4, 0.5) is 0 Å². The van der Waals surface area contributed by atoms with Crippen LogP contribution >= 0.6 is 0 Å². The minimum absolute atomic E-state index is 0.0302. The second kappa shape index (κ2) is 9.82. The van der Waals surface area contributed by atoms with Crippen LogP contribution in [0.15, 0.2) is 35.7 Å². The van der Waals surface area contributed by atoms with Gasteiger partial charge >= 0.3 is 0 Å². The van der Waals surface area contributed by atoms with Gasteiger partial charge in [0, 0.05) is 19.1 Å². The van der Waals surface area contributed by atoms with Crippen molar-refractivity contribution >= 4 is 22.0 Å². The predicted molar refractivity (Wildman–Crippen MR) is 101 cm³/mol. The van der Waals surface area contributed by atoms with Crippen LogP contribution in [0, 0.1) is 0 Å². The first kappa shape index (κ1) is 20.6. The van der Waals surface area contributed by atoms with Gasteiger partial charge in [-0.25, -0.2) is 8.42 Å². The fraction of sp³-hybridized carbons (Fsp3) is 0.500. The summed E-state index contributed by atoms with van der Waals surface area (Å²) in [4.78, 5) is 13.2. The van der Waals surface area contributed by atoms with E-state index < -0.39 is 10.0 Å². The molecule has 1 heterocycles. The van der Waals surface area contributed by atoms with Gasteiger partial charge in [0.1, 0.15) is 0 Å². The van der Waals surface area contributed by atoms with Gasteiger partial charge in [0.2, 0.25) is 10.0 Å². The monoisotopic (exact) mass is 382 g/mol. The zero-order chi connectivity index (χ0) is 19.0. The molecule has 8 heteroatoms. The molecule has 1 aliphatic heterocycles. The number of sulfonamides is 1. The third-order valence-corrected chi connectivity index (χ3v) is 6.13. The molecule has 2 rings (SSSR count). The number of nitrogens with zero attached hydrogens (tertiary/aromatic N) is 1. The number of carbonyl (C=O) groups excluding carboxylic acids is 1. The van der Waals surface area contributed by atoms with Crippen LogP contribution < -0.4 is 10.2 Å². The molecule has 0 aliphatic carbocycles. The van der Waals surface area contributed by atoms with Crippen LogP contribution in [0.3, 0.4) is 0 Å². The lowest BCUT2D eigenvalue weighted by Gasteiger charge is -2.33. The SMILES string of the molecule is COCCNC(=O)[C@H](C)[NH+]1CCN(S(=O)(=O)/C=C/c2ccccc2)CC1. The molecule has 0 aromatic heterocycles. The van der Waals surface area contributed by atoms with Crippen LogP contribution in [-0.2, 0) is 19.6 Å². The fourth-order valence-corrected chi connectivity index (χ4v) is 4.08. The Bertz CT molecular complexity index is 698. The summed E-state index contributed by atoms with van der Waals surface area (Å²) in [6.07, 6.45) is 1.61. The maximum atomic E-state index is 12.5. The average Bonchev–Trinajstić information content (AvgIpc) is 2.67. The quantitative estimate of drug-likeness (QED) is 0.585. The van der Waals surface area contributed by atoms with E-state index in [1.165, 1.54) is 9.71 Å². The number of hydrogen-bond donors (Lipinski definition) is 2. The Hall–Kier alpha value is -1.74. The molecule has 1 saturated heterocycles. The molecule has 1 fully saturated rings. The molecule has 0 bridgehead atoms. The molecule has 1 amide bonds. The Morgan fingerprint density at radius 1 is 1.31 bits per heavy atom. The second-order valence-electron chi connectivity index (χ2n) is 6.32. The van der Waals surface area contributed by atoms with E-state index in [1.807, 2.05) is 37.3 Å². The molecule has 0 saturated carbocycles. The predicted octanol–water partition coefficient (Wildman–Crippen LogP) is -0.661. The van der Waals surface area contributed by atoms with Gasteiger partial charge in [-0.15, -0.1) is 0 Å². The van der Waals surface area contributed by atoms with Gasteiger partial charge in [-0.3, -0.25) is 4.79 Å². The lowest BCUT2D eigenvalue weighted by molar-refractivity contribution is -0.917. The number of ether oxygens (including phenoxy) is 1. The summed E-state index contributed by atoms with van der Waals surface area (Å²) >= 11 is 0. The topological polar surface area (TPSA) is 80.2 Å². The first-order chi connectivity index (χ1) is 12.4. The first-order valence-corrected chi connectivity index (χ1v) is 10.3. The van der Waals surface area contributed by atoms with E-state index in [9.17, 15) is 13.2 Å². The van der Waals surface area contributed by atoms with Crippen LogP contribution in [0.25, 0.3) is 6.08 Å². The zero-order valence-corrected chi connectivity index (χ0v) is 16.2. The fourth-order valence-electron chi connectivity index (χ4n) is 2.89. The number of rotatable bonds is 8. The van der Waals surface area contributed by atoms with Crippen molar-refractivity contribution in [2.24, 2.45) is 0 Å². The van der Waals surface area contributed by atoms with Crippen LogP contribution in [0.5, 0.6) is 0 Å². The number of nitrogens with one attached hydrogen (secondary N) is 2. The van der Waals surface area contributed by atoms with E-state index in [-0.39, 0.29) is 11.9 Å². The minimum atomic E-state index is -3.45. The summed E-state index contributed by atoms with van der Waals surface area (Å²) in [5, 5.41) is 4.09. The van der Waals surface area contributed by atoms with E-state index in [2.05, 4.69) is 5.32 Å². The summed E-state index contributed by atoms with van der Waals surface area (Å²) in [7, 11) is -1.86. The van der Waals surface area contributed by atoms with E-state index in [1.54, 1.807) is 13.2 Å². The summed E-state index contributed by atoms with van der Waals surface area (Å²) in [5.74, 6) is -0.0302. The highest BCUT2D eigenvalue weighted by Gasteiger charge is 2.32. The van der Waals surface area contributed by atoms with Crippen LogP contribution in [0.2, 0.25) is 0 Å². The maximum Gasteiger partial charge on any atom is 0.278 e. The number of amides is 1. The molecule has 1 aliphatic rings. The Balaban J connectivity index is 1.86. The third-order valence-electron chi connectivity index (χ3n) is 4.57. The smallest absolute Gasteiger partial charge is 0.278 e. The van der Waals surface area contributed by atoms with E-state index in [0.717, 1.165) is 10.5 Å². The van der Waals surface area contributed by atoms with Crippen LogP contribution in [0.1, 0.15) is 12.5 Å². The summed E-state index contributed by atoms with van der Waals surface area (Å²) in [6.45, 7) is 4.87. The highest BCUT2D eigenvalue weighted by atomic mass is 32.2. The largest absolute Gasteiger partial charge is 0.383 e. The first-order valence-electron chi connectivity index (χ1n) is 8.78. The number of piperazine rings is 1. The molecular weight excluding hydrogens is 354 g/mol. The number of quaternary nitrogens is 1. The second-order valence-corrected chi connectivity index (χ2v) is 8.14.